The summed E-state index contributed by atoms with van der Waals surface area (Å²) in [6, 6.07) is 5.25. The average Bonchev–Trinajstić information content (AvgIpc) is 2.50. The second kappa shape index (κ2) is 8.28. The SMILES string of the molecule is O=C(O)N1CCN(CCCC#Cc2cc(Cl)ccc2Cl)CC1. The number of nitrogens with zero attached hydrogens (tertiary/aromatic N) is 2. The molecule has 1 aliphatic rings. The first-order valence-corrected chi connectivity index (χ1v) is 7.96. The molecule has 0 saturated carbocycles. The number of unbranched alkanes of at least 4 members (excludes halogenated alkanes) is 1. The number of halogens is 2. The van der Waals surface area contributed by atoms with Crippen LogP contribution < -0.4 is 0 Å². The Morgan fingerprint density at radius 2 is 1.95 bits per heavy atom. The molecule has 0 spiro atoms. The number of piperazine rings is 1. The molecule has 2 rings (SSSR count). The molecular formula is C16H18Cl2N2O2. The van der Waals surface area contributed by atoms with E-state index in [1.54, 1.807) is 18.2 Å². The first-order valence-electron chi connectivity index (χ1n) is 7.20. The predicted molar refractivity (Wildman–Crippen MR) is 88.6 cm³/mol. The van der Waals surface area contributed by atoms with Gasteiger partial charge >= 0.3 is 6.09 Å². The van der Waals surface area contributed by atoms with E-state index in [0.29, 0.717) is 23.1 Å². The molecule has 1 N–H and O–H groups in total. The van der Waals surface area contributed by atoms with Crippen molar-refractivity contribution in [3.05, 3.63) is 33.8 Å². The van der Waals surface area contributed by atoms with Crippen LogP contribution in [-0.2, 0) is 0 Å². The molecule has 1 aliphatic heterocycles. The molecule has 0 unspecified atom stereocenters. The molecule has 0 aliphatic carbocycles. The van der Waals surface area contributed by atoms with Crippen LogP contribution in [0.4, 0.5) is 4.79 Å². The lowest BCUT2D eigenvalue weighted by atomic mass is 10.2. The molecule has 118 valence electrons. The topological polar surface area (TPSA) is 43.8 Å². The van der Waals surface area contributed by atoms with Crippen molar-refractivity contribution in [3.63, 3.8) is 0 Å². The summed E-state index contributed by atoms with van der Waals surface area (Å²) in [5.74, 6) is 6.15. The summed E-state index contributed by atoms with van der Waals surface area (Å²) < 4.78 is 0. The highest BCUT2D eigenvalue weighted by molar-refractivity contribution is 6.33. The summed E-state index contributed by atoms with van der Waals surface area (Å²) in [5, 5.41) is 10.1. The van der Waals surface area contributed by atoms with Crippen LogP contribution in [0, 0.1) is 11.8 Å². The van der Waals surface area contributed by atoms with Gasteiger partial charge in [-0.25, -0.2) is 4.79 Å². The molecule has 0 aromatic heterocycles. The average molecular weight is 341 g/mol. The van der Waals surface area contributed by atoms with Crippen molar-refractivity contribution in [2.24, 2.45) is 0 Å². The minimum absolute atomic E-state index is 0.582. The molecule has 1 amide bonds. The Labute approximate surface area is 140 Å². The van der Waals surface area contributed by atoms with Crippen LogP contribution in [0.3, 0.4) is 0 Å². The molecule has 0 atom stereocenters. The Hall–Kier alpha value is -1.41. The summed E-state index contributed by atoms with van der Waals surface area (Å²) in [4.78, 5) is 14.5. The maximum Gasteiger partial charge on any atom is 0.407 e. The van der Waals surface area contributed by atoms with Crippen molar-refractivity contribution in [1.29, 1.82) is 0 Å². The molecule has 4 nitrogen and oxygen atoms in total. The summed E-state index contributed by atoms with van der Waals surface area (Å²) >= 11 is 12.0. The Morgan fingerprint density at radius 1 is 1.23 bits per heavy atom. The van der Waals surface area contributed by atoms with E-state index in [2.05, 4.69) is 16.7 Å². The second-order valence-electron chi connectivity index (χ2n) is 5.14. The molecule has 0 radical (unpaired) electrons. The summed E-state index contributed by atoms with van der Waals surface area (Å²) in [6.45, 7) is 3.68. The fourth-order valence-electron chi connectivity index (χ4n) is 2.30. The van der Waals surface area contributed by atoms with E-state index >= 15 is 0 Å². The fraction of sp³-hybridized carbons (Fsp3) is 0.438. The normalized spacial score (nSPS) is 15.3. The van der Waals surface area contributed by atoms with Gasteiger partial charge < -0.3 is 10.0 Å². The van der Waals surface area contributed by atoms with E-state index in [4.69, 9.17) is 28.3 Å². The molecule has 0 bridgehead atoms. The monoisotopic (exact) mass is 340 g/mol. The van der Waals surface area contributed by atoms with E-state index < -0.39 is 6.09 Å². The van der Waals surface area contributed by atoms with Crippen LogP contribution in [-0.4, -0.2) is 53.7 Å². The molecule has 1 aromatic rings. The molecule has 6 heteroatoms. The van der Waals surface area contributed by atoms with E-state index in [0.717, 1.165) is 38.0 Å². The van der Waals surface area contributed by atoms with Gasteiger partial charge in [-0.15, -0.1) is 0 Å². The minimum Gasteiger partial charge on any atom is -0.465 e. The van der Waals surface area contributed by atoms with E-state index in [1.165, 1.54) is 4.90 Å². The van der Waals surface area contributed by atoms with E-state index in [-0.39, 0.29) is 0 Å². The fourth-order valence-corrected chi connectivity index (χ4v) is 2.64. The van der Waals surface area contributed by atoms with Gasteiger partial charge in [0.05, 0.1) is 5.02 Å². The zero-order valence-corrected chi connectivity index (χ0v) is 13.7. The van der Waals surface area contributed by atoms with Crippen molar-refractivity contribution < 1.29 is 9.90 Å². The van der Waals surface area contributed by atoms with Crippen molar-refractivity contribution in [2.45, 2.75) is 12.8 Å². The van der Waals surface area contributed by atoms with E-state index in [9.17, 15) is 4.79 Å². The van der Waals surface area contributed by atoms with Gasteiger partial charge in [-0.1, -0.05) is 35.0 Å². The number of carboxylic acid groups (broad SMARTS) is 1. The zero-order chi connectivity index (χ0) is 15.9. The summed E-state index contributed by atoms with van der Waals surface area (Å²) in [6.07, 6.45) is 0.907. The number of rotatable bonds is 3. The highest BCUT2D eigenvalue weighted by atomic mass is 35.5. The van der Waals surface area contributed by atoms with Gasteiger partial charge in [0.1, 0.15) is 0 Å². The van der Waals surface area contributed by atoms with Crippen LogP contribution in [0.5, 0.6) is 0 Å². The predicted octanol–water partition coefficient (Wildman–Crippen LogP) is 3.42. The van der Waals surface area contributed by atoms with Gasteiger partial charge in [-0.2, -0.15) is 0 Å². The number of benzene rings is 1. The minimum atomic E-state index is -0.830. The quantitative estimate of drug-likeness (QED) is 0.677. The lowest BCUT2D eigenvalue weighted by Crippen LogP contribution is -2.48. The number of amides is 1. The van der Waals surface area contributed by atoms with Crippen LogP contribution in [0.15, 0.2) is 18.2 Å². The third-order valence-electron chi connectivity index (χ3n) is 3.57. The van der Waals surface area contributed by atoms with Gasteiger partial charge in [-0.05, 0) is 31.2 Å². The lowest BCUT2D eigenvalue weighted by Gasteiger charge is -2.32. The molecule has 1 saturated heterocycles. The second-order valence-corrected chi connectivity index (χ2v) is 5.98. The third-order valence-corrected chi connectivity index (χ3v) is 4.14. The third kappa shape index (κ3) is 5.10. The summed E-state index contributed by atoms with van der Waals surface area (Å²) in [7, 11) is 0. The van der Waals surface area contributed by atoms with Crippen LogP contribution in [0.1, 0.15) is 18.4 Å². The highest BCUT2D eigenvalue weighted by Crippen LogP contribution is 2.19. The van der Waals surface area contributed by atoms with Crippen molar-refractivity contribution >= 4 is 29.3 Å². The van der Waals surface area contributed by atoms with Crippen molar-refractivity contribution in [2.75, 3.05) is 32.7 Å². The Morgan fingerprint density at radius 3 is 2.64 bits per heavy atom. The highest BCUT2D eigenvalue weighted by Gasteiger charge is 2.19. The van der Waals surface area contributed by atoms with Crippen LogP contribution in [0.25, 0.3) is 0 Å². The van der Waals surface area contributed by atoms with Gasteiger partial charge in [-0.3, -0.25) is 4.90 Å². The van der Waals surface area contributed by atoms with E-state index in [1.807, 2.05) is 0 Å². The molecule has 1 heterocycles. The Bertz CT molecular complexity index is 588. The number of hydrogen-bond donors (Lipinski definition) is 1. The first-order chi connectivity index (χ1) is 10.6. The maximum atomic E-state index is 10.8. The van der Waals surface area contributed by atoms with Gasteiger partial charge in [0.2, 0.25) is 0 Å². The number of hydrogen-bond acceptors (Lipinski definition) is 2. The smallest absolute Gasteiger partial charge is 0.407 e. The first kappa shape index (κ1) is 17.0. The van der Waals surface area contributed by atoms with Crippen LogP contribution in [0.2, 0.25) is 10.0 Å². The van der Waals surface area contributed by atoms with Gasteiger partial charge in [0, 0.05) is 43.2 Å². The molecule has 1 fully saturated rings. The number of carbonyl (C=O) groups is 1. The standard InChI is InChI=1S/C16H18Cl2N2O2/c17-14-5-6-15(18)13(12-14)4-2-1-3-7-19-8-10-20(11-9-19)16(21)22/h5-6,12H,1,3,7-11H2,(H,21,22). The molecule has 1 aromatic carbocycles. The maximum absolute atomic E-state index is 10.8. The van der Waals surface area contributed by atoms with Crippen LogP contribution >= 0.6 is 23.2 Å². The lowest BCUT2D eigenvalue weighted by molar-refractivity contribution is 0.105. The van der Waals surface area contributed by atoms with Crippen molar-refractivity contribution in [3.8, 4) is 11.8 Å². The molecular weight excluding hydrogens is 323 g/mol. The van der Waals surface area contributed by atoms with Gasteiger partial charge in [0.25, 0.3) is 0 Å². The zero-order valence-electron chi connectivity index (χ0n) is 12.2. The van der Waals surface area contributed by atoms with Crippen molar-refractivity contribution in [1.82, 2.24) is 9.80 Å². The summed E-state index contributed by atoms with van der Waals surface area (Å²) in [5.41, 5.74) is 0.754. The molecule has 22 heavy (non-hydrogen) atoms. The largest absolute Gasteiger partial charge is 0.465 e. The van der Waals surface area contributed by atoms with Gasteiger partial charge in [0.15, 0.2) is 0 Å². The Kier molecular flexibility index (Phi) is 6.38. The Balaban J connectivity index is 1.71.